The molecule has 5 heterocycles. The molecule has 0 atom stereocenters. The fourth-order valence-electron chi connectivity index (χ4n) is 10.5. The first-order valence-corrected chi connectivity index (χ1v) is 45.0. The lowest BCUT2D eigenvalue weighted by atomic mass is 9.80. The molecule has 4 aromatic heterocycles. The Hall–Kier alpha value is -10.8. The lowest BCUT2D eigenvalue weighted by molar-refractivity contribution is -0.107. The van der Waals surface area contributed by atoms with Crippen LogP contribution >= 0.6 is 107 Å². The normalized spacial score (nSPS) is 11.7. The molecule has 0 unspecified atom stereocenters. The molecule has 1 aliphatic rings. The summed E-state index contributed by atoms with van der Waals surface area (Å²) in [5.41, 5.74) is 18.3. The maximum Gasteiger partial charge on any atom is 0.496 e. The van der Waals surface area contributed by atoms with Crippen molar-refractivity contribution in [3.63, 3.8) is 0 Å². The molecule has 136 heavy (non-hydrogen) atoms. The highest BCUT2D eigenvalue weighted by molar-refractivity contribution is 9.11. The number of amidine groups is 1. The van der Waals surface area contributed by atoms with Gasteiger partial charge in [-0.3, -0.25) is 25.2 Å². The zero-order valence-corrected chi connectivity index (χ0v) is 84.0. The number of hydrogen-bond acceptors (Lipinski definition) is 18. The fraction of sp³-hybridized carbons (Fsp3) is 0.198. The number of para-hydroxylation sites is 2. The number of nitrogens with zero attached hydrogens (tertiary/aromatic N) is 9. The van der Waals surface area contributed by atoms with Gasteiger partial charge in [0.05, 0.1) is 39.3 Å². The van der Waals surface area contributed by atoms with E-state index in [1.54, 1.807) is 98.4 Å². The molecule has 0 aliphatic carbocycles. The van der Waals surface area contributed by atoms with Crippen molar-refractivity contribution < 1.29 is 34.5 Å². The number of nitrogen functional groups attached to an aromatic ring is 2. The fourth-order valence-corrected chi connectivity index (χ4v) is 13.4. The molecule has 16 rings (SSSR count). The summed E-state index contributed by atoms with van der Waals surface area (Å²) in [6, 6.07) is 98.0. The Morgan fingerprint density at radius 3 is 1.00 bits per heavy atom. The molecule has 30 heteroatoms. The molecule has 1 aliphatic heterocycles. The maximum absolute atomic E-state index is 10.2. The second kappa shape index (κ2) is 58.1. The van der Waals surface area contributed by atoms with Crippen molar-refractivity contribution in [1.82, 2.24) is 39.9 Å². The Morgan fingerprint density at radius 2 is 0.691 bits per heavy atom. The van der Waals surface area contributed by atoms with E-state index in [1.165, 1.54) is 0 Å². The van der Waals surface area contributed by atoms with Gasteiger partial charge in [0.25, 0.3) is 0 Å². The SMILES string of the molecule is C.C.C.CC(C)(O)C(C)(C)O.CC(C)(O)C(C)(C)O.CC1(C)OB(c2cccnc2)OC1(C)C.Cl.Clc1cc(-c2cccnc2)cc(-c2nc(-c3ccccc3)nc(-c3ccccc3)n2)c1.Clc1cc(Br)cc(-c2nc(-c3ccccc3)nc(-c3ccccc3)n2)c1.Clc1cc(Br)cc(C=Nc2ccccc2)c1.N=C(N)c1ccccc1.Nc1ccccc1.O=Cc1cc(Cl)cc(Br)c1.[B][B]. The standard InChI is InChI=1S/C26H17ClN4.C21H13BrClN3.C13H9BrClN.C11H16BNO2.C7H4BrClO.C7H8N2.C6H7N.2C6H14O2.3CH4.B2.ClH/c27-23-15-21(20-12-7-13-28-17-20)14-22(16-23)26-30-24(18-8-3-1-4-9-18)29-25(31-26)19-10-5-2-6-11-19;22-17-11-16(12-18(23)13-17)21-25-19(14-7-3-1-4-8-14)24-20(26-21)15-9-5-2-6-10-15;14-11-6-10(7-12(15)8-11)9-16-13-4-2-1-3-5-13;1-10(2)11(3,4)15-12(14-10)9-6-5-7-13-8-9;8-6-1-5(4-10)2-7(9)3-6;8-7(9)6-4-2-1-3-5-6;7-6-4-2-1-3-5-6;2*1-5(2,7)6(3,4)8;;;;1-2;/h1-17H;1-13H;1-9H;5-8H,1-4H3;1-4H;1-5H,(H3,8,9);1-5H,7H2;2*7-8H,1-4H3;3*1H4;;1H. The van der Waals surface area contributed by atoms with Gasteiger partial charge in [-0.05, 0) is 203 Å². The number of rotatable bonds is 14. The van der Waals surface area contributed by atoms with Gasteiger partial charge in [-0.15, -0.1) is 12.4 Å². The number of aliphatic imine (C=N–C) groups is 1. The van der Waals surface area contributed by atoms with Crippen molar-refractivity contribution in [2.45, 2.75) is 139 Å². The van der Waals surface area contributed by atoms with Crippen LogP contribution in [0.25, 0.3) is 79.5 Å². The first-order valence-electron chi connectivity index (χ1n) is 41.1. The third kappa shape index (κ3) is 40.5. The van der Waals surface area contributed by atoms with Gasteiger partial charge in [-0.2, -0.15) is 0 Å². The number of benzene rings is 11. The number of hydrogen-bond donors (Lipinski definition) is 7. The number of aliphatic hydroxyl groups is 4. The average molecular weight is 2120 g/mol. The topological polar surface area (TPSA) is 308 Å². The van der Waals surface area contributed by atoms with Crippen LogP contribution in [0.3, 0.4) is 0 Å². The molecule has 706 valence electrons. The van der Waals surface area contributed by atoms with Crippen LogP contribution in [-0.4, -0.2) is 135 Å². The molecule has 9 N–H and O–H groups in total. The van der Waals surface area contributed by atoms with Crippen LogP contribution in [0.1, 0.15) is 127 Å². The summed E-state index contributed by atoms with van der Waals surface area (Å²) in [5.74, 6) is 3.77. The summed E-state index contributed by atoms with van der Waals surface area (Å²) in [7, 11) is 7.70. The number of halogens is 8. The number of anilines is 1. The summed E-state index contributed by atoms with van der Waals surface area (Å²) < 4.78 is 14.4. The molecule has 1 saturated heterocycles. The van der Waals surface area contributed by atoms with E-state index in [0.717, 1.165) is 92.2 Å². The molecule has 4 radical (unpaired) electrons. The third-order valence-electron chi connectivity index (χ3n) is 19.8. The number of nitrogens with two attached hydrogens (primary N) is 2. The highest BCUT2D eigenvalue weighted by Gasteiger charge is 2.52. The average Bonchev–Trinajstić information content (AvgIpc) is 1.62. The monoisotopic (exact) mass is 2110 g/mol. The Morgan fingerprint density at radius 1 is 0.397 bits per heavy atom. The van der Waals surface area contributed by atoms with Crippen molar-refractivity contribution in [1.29, 1.82) is 5.41 Å². The van der Waals surface area contributed by atoms with Gasteiger partial charge in [0.1, 0.15) is 12.1 Å². The van der Waals surface area contributed by atoms with Gasteiger partial charge in [0.15, 0.2) is 34.9 Å². The van der Waals surface area contributed by atoms with E-state index in [-0.39, 0.29) is 58.8 Å². The number of pyridine rings is 2. The van der Waals surface area contributed by atoms with Gasteiger partial charge in [-0.25, -0.2) is 29.9 Å². The number of aldehydes is 1. The third-order valence-corrected chi connectivity index (χ3v) is 22.0. The molecule has 15 aromatic rings. The van der Waals surface area contributed by atoms with E-state index < -0.39 is 22.4 Å². The second-order valence-electron chi connectivity index (χ2n) is 32.1. The van der Waals surface area contributed by atoms with Crippen LogP contribution in [-0.2, 0) is 9.31 Å². The smallest absolute Gasteiger partial charge is 0.399 e. The van der Waals surface area contributed by atoms with Gasteiger partial charge < -0.3 is 41.2 Å². The predicted molar refractivity (Wildman–Crippen MR) is 583 cm³/mol. The zero-order chi connectivity index (χ0) is 96.8. The van der Waals surface area contributed by atoms with Gasteiger partial charge in [0, 0.05) is 141 Å². The highest BCUT2D eigenvalue weighted by atomic mass is 79.9. The molecule has 11 aromatic carbocycles. The lowest BCUT2D eigenvalue weighted by Crippen LogP contribution is -2.44. The van der Waals surface area contributed by atoms with Crippen LogP contribution in [0.2, 0.25) is 20.1 Å². The number of carbonyl (C=O) groups excluding carboxylic acids is 1. The van der Waals surface area contributed by atoms with E-state index in [0.29, 0.717) is 60.6 Å². The zero-order valence-electron chi connectivity index (χ0n) is 75.4. The molecular formula is C106H115B3Br3Cl5N12O7. The van der Waals surface area contributed by atoms with Crippen LogP contribution < -0.4 is 16.9 Å². The van der Waals surface area contributed by atoms with Gasteiger partial charge >= 0.3 is 7.12 Å². The summed E-state index contributed by atoms with van der Waals surface area (Å²) >= 11 is 34.3. The Bertz CT molecular complexity index is 5860. The van der Waals surface area contributed by atoms with E-state index in [9.17, 15) is 4.79 Å². The molecular weight excluding hydrogens is 2000 g/mol. The van der Waals surface area contributed by atoms with Gasteiger partial charge in [0.2, 0.25) is 0 Å². The Kier molecular flexibility index (Phi) is 50.9. The molecule has 0 spiro atoms. The van der Waals surface area contributed by atoms with E-state index in [2.05, 4.69) is 93.2 Å². The van der Waals surface area contributed by atoms with Crippen molar-refractivity contribution in [3.05, 3.63) is 384 Å². The van der Waals surface area contributed by atoms with Crippen molar-refractivity contribution in [2.75, 3.05) is 5.73 Å². The quantitative estimate of drug-likeness (QED) is 0.0175. The number of nitrogens with one attached hydrogen (secondary N) is 1. The largest absolute Gasteiger partial charge is 0.496 e. The molecule has 0 amide bonds. The van der Waals surface area contributed by atoms with E-state index >= 15 is 0 Å². The number of aromatic nitrogens is 8. The van der Waals surface area contributed by atoms with Crippen molar-refractivity contribution in [3.8, 4) is 79.5 Å². The number of carbonyl (C=O) groups is 1. The second-order valence-corrected chi connectivity index (χ2v) is 36.6. The van der Waals surface area contributed by atoms with Gasteiger partial charge in [-0.1, -0.05) is 317 Å². The first kappa shape index (κ1) is 119. The van der Waals surface area contributed by atoms with E-state index in [4.69, 9.17) is 108 Å². The van der Waals surface area contributed by atoms with E-state index in [1.807, 2.05) is 325 Å². The Labute approximate surface area is 856 Å². The van der Waals surface area contributed by atoms with Crippen LogP contribution in [0.4, 0.5) is 11.4 Å². The Balaban J connectivity index is 0.000000411. The predicted octanol–water partition coefficient (Wildman–Crippen LogP) is 26.9. The minimum atomic E-state index is -1.01. The highest BCUT2D eigenvalue weighted by Crippen LogP contribution is 2.38. The maximum atomic E-state index is 10.2. The first-order chi connectivity index (χ1) is 62.5. The molecule has 19 nitrogen and oxygen atoms in total. The lowest BCUT2D eigenvalue weighted by Gasteiger charge is -2.32. The summed E-state index contributed by atoms with van der Waals surface area (Å²) in [6.07, 6.45) is 9.65. The van der Waals surface area contributed by atoms with Crippen molar-refractivity contribution in [2.24, 2.45) is 10.7 Å². The summed E-state index contributed by atoms with van der Waals surface area (Å²) in [6.45, 7) is 20.8. The molecule has 1 fully saturated rings. The molecule has 0 saturated carbocycles. The van der Waals surface area contributed by atoms with Crippen molar-refractivity contribution >= 4 is 164 Å². The summed E-state index contributed by atoms with van der Waals surface area (Å²) in [4.78, 5) is 51.2. The van der Waals surface area contributed by atoms with Crippen LogP contribution in [0.5, 0.6) is 0 Å². The minimum absolute atomic E-state index is 0. The summed E-state index contributed by atoms with van der Waals surface area (Å²) in [5, 5.41) is 45.9. The molecule has 0 bridgehead atoms. The van der Waals surface area contributed by atoms with Crippen LogP contribution in [0, 0.1) is 5.41 Å². The minimum Gasteiger partial charge on any atom is -0.399 e. The van der Waals surface area contributed by atoms with Crippen LogP contribution in [0.15, 0.2) is 353 Å².